The summed E-state index contributed by atoms with van der Waals surface area (Å²) >= 11 is 1.51. The fraction of sp³-hybridized carbons (Fsp3) is 0.138. The van der Waals surface area contributed by atoms with Crippen molar-refractivity contribution in [1.82, 2.24) is 4.72 Å². The maximum atomic E-state index is 13.6. The molecule has 0 saturated carbocycles. The third-order valence-corrected chi connectivity index (χ3v) is 8.23. The minimum absolute atomic E-state index is 0.0407. The molecular weight excluding hydrogens is 520 g/mol. The summed E-state index contributed by atoms with van der Waals surface area (Å²) in [5, 5.41) is 2.93. The van der Waals surface area contributed by atoms with Crippen molar-refractivity contribution in [3.8, 4) is 11.5 Å². The van der Waals surface area contributed by atoms with E-state index in [0.717, 1.165) is 15.4 Å². The highest BCUT2D eigenvalue weighted by molar-refractivity contribution is 7.99. The van der Waals surface area contributed by atoms with Crippen molar-refractivity contribution in [2.45, 2.75) is 27.1 Å². The molecule has 0 saturated heterocycles. The number of carbonyl (C=O) groups is 1. The van der Waals surface area contributed by atoms with Crippen LogP contribution < -0.4 is 19.5 Å². The lowest BCUT2D eigenvalue weighted by Crippen LogP contribution is -2.45. The largest absolute Gasteiger partial charge is 0.493 e. The Morgan fingerprint density at radius 1 is 0.816 bits per heavy atom. The zero-order valence-electron chi connectivity index (χ0n) is 21.0. The molecule has 196 valence electrons. The number of methoxy groups -OCH3 is 2. The topological polar surface area (TPSA) is 93.7 Å². The van der Waals surface area contributed by atoms with Crippen LogP contribution in [0, 0.1) is 0 Å². The van der Waals surface area contributed by atoms with E-state index in [1.54, 1.807) is 6.07 Å². The Hall–Kier alpha value is -3.79. The molecule has 0 aliphatic carbocycles. The van der Waals surface area contributed by atoms with Gasteiger partial charge in [-0.1, -0.05) is 72.4 Å². The van der Waals surface area contributed by atoms with Crippen molar-refractivity contribution >= 4 is 33.4 Å². The van der Waals surface area contributed by atoms with Crippen molar-refractivity contribution < 1.29 is 22.7 Å². The van der Waals surface area contributed by atoms with Gasteiger partial charge in [0, 0.05) is 15.9 Å². The molecule has 0 fully saturated rings. The summed E-state index contributed by atoms with van der Waals surface area (Å²) in [7, 11) is -1.19. The van der Waals surface area contributed by atoms with E-state index in [-0.39, 0.29) is 17.1 Å². The molecule has 0 unspecified atom stereocenters. The van der Waals surface area contributed by atoms with E-state index in [4.69, 9.17) is 9.47 Å². The Labute approximate surface area is 227 Å². The standard InChI is InChI=1S/C29H28N2O5S2/c1-35-26-18-17-23(20-27(26)36-2)38(33,34)31-25(19-21-11-5-3-6-12-21)29(32)30-24-15-9-10-16-28(24)37-22-13-7-4-8-14-22/h3-18,20,25,31H,19H2,1-2H3,(H,30,32)/t25-/m1/s1. The van der Waals surface area contributed by atoms with Crippen LogP contribution in [0.25, 0.3) is 0 Å². The van der Waals surface area contributed by atoms with Crippen molar-refractivity contribution in [3.63, 3.8) is 0 Å². The molecule has 7 nitrogen and oxygen atoms in total. The molecule has 38 heavy (non-hydrogen) atoms. The van der Waals surface area contributed by atoms with Gasteiger partial charge in [0.05, 0.1) is 24.8 Å². The Bertz CT molecular complexity index is 1480. The molecule has 0 aliphatic rings. The maximum absolute atomic E-state index is 13.6. The van der Waals surface area contributed by atoms with Gasteiger partial charge in [0.2, 0.25) is 15.9 Å². The molecule has 0 heterocycles. The second kappa shape index (κ2) is 12.6. The van der Waals surface area contributed by atoms with Crippen LogP contribution in [0.3, 0.4) is 0 Å². The predicted octanol–water partition coefficient (Wildman–Crippen LogP) is 5.38. The smallest absolute Gasteiger partial charge is 0.242 e. The first-order valence-corrected chi connectivity index (χ1v) is 14.1. The van der Waals surface area contributed by atoms with E-state index in [1.165, 1.54) is 44.2 Å². The normalized spacial score (nSPS) is 11.9. The molecule has 4 rings (SSSR count). The highest BCUT2D eigenvalue weighted by atomic mass is 32.2. The molecular formula is C29H28N2O5S2. The van der Waals surface area contributed by atoms with Gasteiger partial charge in [-0.2, -0.15) is 4.72 Å². The number of hydrogen-bond donors (Lipinski definition) is 2. The van der Waals surface area contributed by atoms with Crippen molar-refractivity contribution in [1.29, 1.82) is 0 Å². The van der Waals surface area contributed by atoms with Crippen LogP contribution in [0.15, 0.2) is 118 Å². The predicted molar refractivity (Wildman–Crippen MR) is 149 cm³/mol. The summed E-state index contributed by atoms with van der Waals surface area (Å²) < 4.78 is 39.8. The fourth-order valence-corrected chi connectivity index (χ4v) is 5.90. The second-order valence-corrected chi connectivity index (χ2v) is 11.1. The van der Waals surface area contributed by atoms with Gasteiger partial charge >= 0.3 is 0 Å². The van der Waals surface area contributed by atoms with Gasteiger partial charge in [-0.15, -0.1) is 0 Å². The average Bonchev–Trinajstić information content (AvgIpc) is 2.94. The zero-order valence-corrected chi connectivity index (χ0v) is 22.6. The van der Waals surface area contributed by atoms with E-state index in [9.17, 15) is 13.2 Å². The van der Waals surface area contributed by atoms with Crippen LogP contribution in [0.4, 0.5) is 5.69 Å². The molecule has 0 aliphatic heterocycles. The summed E-state index contributed by atoms with van der Waals surface area (Å²) in [5.41, 5.74) is 1.41. The molecule has 0 aromatic heterocycles. The molecule has 1 atom stereocenters. The van der Waals surface area contributed by atoms with Crippen LogP contribution in [-0.4, -0.2) is 34.6 Å². The molecule has 1 amide bonds. The van der Waals surface area contributed by atoms with Crippen LogP contribution in [0.5, 0.6) is 11.5 Å². The first kappa shape index (κ1) is 27.3. The van der Waals surface area contributed by atoms with Gasteiger partial charge in [-0.05, 0) is 48.4 Å². The zero-order chi connectivity index (χ0) is 27.0. The van der Waals surface area contributed by atoms with E-state index in [2.05, 4.69) is 10.0 Å². The molecule has 4 aromatic carbocycles. The lowest BCUT2D eigenvalue weighted by Gasteiger charge is -2.20. The number of amides is 1. The molecule has 0 spiro atoms. The number of ether oxygens (including phenoxy) is 2. The Balaban J connectivity index is 1.61. The molecule has 4 aromatic rings. The van der Waals surface area contributed by atoms with Gasteiger partial charge in [-0.25, -0.2) is 8.42 Å². The van der Waals surface area contributed by atoms with Crippen molar-refractivity contribution in [3.05, 3.63) is 109 Å². The second-order valence-electron chi connectivity index (χ2n) is 8.28. The van der Waals surface area contributed by atoms with Gasteiger partial charge in [0.25, 0.3) is 0 Å². The quantitative estimate of drug-likeness (QED) is 0.261. The number of benzene rings is 4. The fourth-order valence-electron chi connectivity index (χ4n) is 3.77. The minimum atomic E-state index is -4.08. The lowest BCUT2D eigenvalue weighted by molar-refractivity contribution is -0.117. The van der Waals surface area contributed by atoms with E-state index >= 15 is 0 Å². The summed E-state index contributed by atoms with van der Waals surface area (Å²) in [6, 6.07) is 29.7. The first-order chi connectivity index (χ1) is 18.4. The van der Waals surface area contributed by atoms with Crippen LogP contribution >= 0.6 is 11.8 Å². The van der Waals surface area contributed by atoms with Crippen LogP contribution in [0.1, 0.15) is 5.56 Å². The van der Waals surface area contributed by atoms with E-state index < -0.39 is 22.0 Å². The first-order valence-electron chi connectivity index (χ1n) is 11.8. The summed E-state index contributed by atoms with van der Waals surface area (Å²) in [5.74, 6) is 0.197. The molecule has 2 N–H and O–H groups in total. The maximum Gasteiger partial charge on any atom is 0.242 e. The Kier molecular flexibility index (Phi) is 9.06. The average molecular weight is 549 g/mol. The number of rotatable bonds is 11. The monoisotopic (exact) mass is 548 g/mol. The van der Waals surface area contributed by atoms with E-state index in [1.807, 2.05) is 78.9 Å². The molecule has 0 radical (unpaired) electrons. The number of hydrogen-bond acceptors (Lipinski definition) is 6. The van der Waals surface area contributed by atoms with Gasteiger partial charge in [-0.3, -0.25) is 4.79 Å². The summed E-state index contributed by atoms with van der Waals surface area (Å²) in [4.78, 5) is 15.4. The molecule has 9 heteroatoms. The Morgan fingerprint density at radius 2 is 1.45 bits per heavy atom. The number of sulfonamides is 1. The lowest BCUT2D eigenvalue weighted by atomic mass is 10.1. The number of para-hydroxylation sites is 1. The van der Waals surface area contributed by atoms with Gasteiger partial charge < -0.3 is 14.8 Å². The Morgan fingerprint density at radius 3 is 2.13 bits per heavy atom. The highest BCUT2D eigenvalue weighted by Crippen LogP contribution is 2.33. The third-order valence-electron chi connectivity index (χ3n) is 5.68. The van der Waals surface area contributed by atoms with Gasteiger partial charge in [0.15, 0.2) is 11.5 Å². The van der Waals surface area contributed by atoms with Crippen molar-refractivity contribution in [2.75, 3.05) is 19.5 Å². The number of anilines is 1. The summed E-state index contributed by atoms with van der Waals surface area (Å²) in [6.45, 7) is 0. The third kappa shape index (κ3) is 6.95. The highest BCUT2D eigenvalue weighted by Gasteiger charge is 2.27. The minimum Gasteiger partial charge on any atom is -0.493 e. The van der Waals surface area contributed by atoms with Crippen LogP contribution in [-0.2, 0) is 21.2 Å². The number of nitrogens with one attached hydrogen (secondary N) is 2. The van der Waals surface area contributed by atoms with Gasteiger partial charge in [0.1, 0.15) is 6.04 Å². The SMILES string of the molecule is COc1ccc(S(=O)(=O)N[C@H](Cc2ccccc2)C(=O)Nc2ccccc2Sc2ccccc2)cc1OC. The van der Waals surface area contributed by atoms with Crippen LogP contribution in [0.2, 0.25) is 0 Å². The van der Waals surface area contributed by atoms with Crippen molar-refractivity contribution in [2.24, 2.45) is 0 Å². The summed E-state index contributed by atoms with van der Waals surface area (Å²) in [6.07, 6.45) is 0.160. The van der Waals surface area contributed by atoms with E-state index in [0.29, 0.717) is 11.4 Å². The number of carbonyl (C=O) groups excluding carboxylic acids is 1. The molecule has 0 bridgehead atoms.